The van der Waals surface area contributed by atoms with Gasteiger partial charge in [-0.15, -0.1) is 13.2 Å². The molecule has 0 saturated carbocycles. The Morgan fingerprint density at radius 1 is 1.20 bits per heavy atom. The molecule has 0 radical (unpaired) electrons. The molecule has 1 fully saturated rings. The highest BCUT2D eigenvalue weighted by molar-refractivity contribution is 5.77. The summed E-state index contributed by atoms with van der Waals surface area (Å²) in [5.74, 6) is -1.21. The maximum Gasteiger partial charge on any atom is 0.573 e. The van der Waals surface area contributed by atoms with Gasteiger partial charge in [0.15, 0.2) is 11.6 Å². The molecular formula is C24H21F4N5O2. The summed E-state index contributed by atoms with van der Waals surface area (Å²) in [4.78, 5) is 10.8. The molecule has 1 aliphatic rings. The first-order valence-electron chi connectivity index (χ1n) is 10.7. The molecule has 35 heavy (non-hydrogen) atoms. The highest BCUT2D eigenvalue weighted by atomic mass is 19.4. The second-order valence-corrected chi connectivity index (χ2v) is 8.12. The zero-order valence-corrected chi connectivity index (χ0v) is 18.4. The van der Waals surface area contributed by atoms with Crippen LogP contribution in [0.4, 0.5) is 29.1 Å². The lowest BCUT2D eigenvalue weighted by Crippen LogP contribution is -2.22. The van der Waals surface area contributed by atoms with E-state index in [1.165, 1.54) is 12.3 Å². The molecule has 1 aliphatic heterocycles. The minimum atomic E-state index is -4.98. The second-order valence-electron chi connectivity index (χ2n) is 8.12. The third-order valence-corrected chi connectivity index (χ3v) is 5.60. The number of rotatable bonds is 7. The van der Waals surface area contributed by atoms with Gasteiger partial charge >= 0.3 is 6.36 Å². The van der Waals surface area contributed by atoms with E-state index in [2.05, 4.69) is 31.0 Å². The minimum Gasteiger partial charge on any atom is -0.403 e. The number of pyridine rings is 2. The van der Waals surface area contributed by atoms with E-state index >= 15 is 0 Å². The van der Waals surface area contributed by atoms with Crippen molar-refractivity contribution in [3.63, 3.8) is 0 Å². The number of hydrogen-bond acceptors (Lipinski definition) is 7. The molecule has 7 nitrogen and oxygen atoms in total. The summed E-state index contributed by atoms with van der Waals surface area (Å²) >= 11 is 0. The molecule has 1 aromatic carbocycles. The number of alkyl halides is 3. The van der Waals surface area contributed by atoms with Crippen LogP contribution in [0.15, 0.2) is 48.9 Å². The lowest BCUT2D eigenvalue weighted by atomic mass is 10.0. The molecular weight excluding hydrogens is 466 g/mol. The normalized spacial score (nSPS) is 15.7. The Morgan fingerprint density at radius 3 is 2.71 bits per heavy atom. The minimum absolute atomic E-state index is 0.0860. The second kappa shape index (κ2) is 10.1. The molecule has 182 valence electrons. The van der Waals surface area contributed by atoms with Gasteiger partial charge < -0.3 is 20.1 Å². The van der Waals surface area contributed by atoms with Crippen LogP contribution in [0.2, 0.25) is 0 Å². The Hall–Kier alpha value is -3.91. The number of aliphatic hydroxyl groups excluding tert-OH is 1. The van der Waals surface area contributed by atoms with Crippen LogP contribution in [0.25, 0.3) is 11.1 Å². The van der Waals surface area contributed by atoms with Crippen LogP contribution in [-0.4, -0.2) is 41.1 Å². The van der Waals surface area contributed by atoms with E-state index in [4.69, 9.17) is 0 Å². The number of anilines is 2. The van der Waals surface area contributed by atoms with Crippen molar-refractivity contribution in [2.75, 3.05) is 29.9 Å². The highest BCUT2D eigenvalue weighted by Crippen LogP contribution is 2.33. The largest absolute Gasteiger partial charge is 0.573 e. The van der Waals surface area contributed by atoms with Gasteiger partial charge in [-0.1, -0.05) is 0 Å². The fourth-order valence-electron chi connectivity index (χ4n) is 3.91. The molecule has 3 heterocycles. The van der Waals surface area contributed by atoms with E-state index in [0.717, 1.165) is 36.2 Å². The van der Waals surface area contributed by atoms with E-state index in [1.807, 2.05) is 6.07 Å². The lowest BCUT2D eigenvalue weighted by Gasteiger charge is -2.22. The molecule has 1 atom stereocenters. The van der Waals surface area contributed by atoms with Gasteiger partial charge in [0, 0.05) is 73.6 Å². The summed E-state index contributed by atoms with van der Waals surface area (Å²) in [5, 5.41) is 21.7. The van der Waals surface area contributed by atoms with Gasteiger partial charge in [-0.2, -0.15) is 5.26 Å². The van der Waals surface area contributed by atoms with E-state index in [0.29, 0.717) is 23.5 Å². The van der Waals surface area contributed by atoms with Crippen LogP contribution >= 0.6 is 0 Å². The first-order valence-corrected chi connectivity index (χ1v) is 10.7. The SMILES string of the molecule is N#Cc1cncc(-c2cc(CNc3ccc(OC(F)(F)F)c(F)c3)cnc2N2CCC(CO)C2)c1. The monoisotopic (exact) mass is 487 g/mol. The van der Waals surface area contributed by atoms with Crippen molar-refractivity contribution in [3.05, 3.63) is 65.9 Å². The fraction of sp³-hybridized carbons (Fsp3) is 0.292. The van der Waals surface area contributed by atoms with Crippen molar-refractivity contribution in [3.8, 4) is 22.9 Å². The van der Waals surface area contributed by atoms with E-state index in [9.17, 15) is 27.9 Å². The number of nitriles is 1. The summed E-state index contributed by atoms with van der Waals surface area (Å²) in [7, 11) is 0. The summed E-state index contributed by atoms with van der Waals surface area (Å²) in [6.45, 7) is 1.66. The molecule has 0 spiro atoms. The number of nitrogens with zero attached hydrogens (tertiary/aromatic N) is 4. The number of ether oxygens (including phenoxy) is 1. The van der Waals surface area contributed by atoms with Gasteiger partial charge in [-0.3, -0.25) is 4.98 Å². The van der Waals surface area contributed by atoms with Gasteiger partial charge in [0.1, 0.15) is 11.9 Å². The highest BCUT2D eigenvalue weighted by Gasteiger charge is 2.32. The summed E-state index contributed by atoms with van der Waals surface area (Å²) in [5.41, 5.74) is 2.82. The van der Waals surface area contributed by atoms with Crippen LogP contribution < -0.4 is 15.0 Å². The molecule has 1 saturated heterocycles. The maximum absolute atomic E-state index is 14.0. The summed E-state index contributed by atoms with van der Waals surface area (Å²) in [6, 6.07) is 8.76. The van der Waals surface area contributed by atoms with Gasteiger partial charge in [0.2, 0.25) is 0 Å². The molecule has 11 heteroatoms. The number of benzene rings is 1. The van der Waals surface area contributed by atoms with Crippen molar-refractivity contribution in [1.29, 1.82) is 5.26 Å². The predicted octanol–water partition coefficient (Wildman–Crippen LogP) is 4.48. The van der Waals surface area contributed by atoms with E-state index < -0.39 is 17.9 Å². The Bertz CT molecular complexity index is 1250. The first-order chi connectivity index (χ1) is 16.8. The average molecular weight is 487 g/mol. The van der Waals surface area contributed by atoms with Gasteiger partial charge in [0.25, 0.3) is 0 Å². The maximum atomic E-state index is 14.0. The molecule has 4 rings (SSSR count). The van der Waals surface area contributed by atoms with Gasteiger partial charge in [-0.05, 0) is 36.2 Å². The first kappa shape index (κ1) is 24.2. The zero-order valence-electron chi connectivity index (χ0n) is 18.4. The summed E-state index contributed by atoms with van der Waals surface area (Å²) < 4.78 is 54.7. The van der Waals surface area contributed by atoms with Crippen molar-refractivity contribution in [2.24, 2.45) is 5.92 Å². The zero-order chi connectivity index (χ0) is 25.0. The summed E-state index contributed by atoms with van der Waals surface area (Å²) in [6.07, 6.45) is 0.589. The third kappa shape index (κ3) is 5.96. The van der Waals surface area contributed by atoms with Crippen molar-refractivity contribution in [2.45, 2.75) is 19.3 Å². The number of nitrogens with one attached hydrogen (secondary N) is 1. The fourth-order valence-corrected chi connectivity index (χ4v) is 3.91. The quantitative estimate of drug-likeness (QED) is 0.475. The van der Waals surface area contributed by atoms with Crippen LogP contribution in [0, 0.1) is 23.1 Å². The Balaban J connectivity index is 1.58. The van der Waals surface area contributed by atoms with Crippen LogP contribution in [-0.2, 0) is 6.54 Å². The Labute approximate surface area is 198 Å². The van der Waals surface area contributed by atoms with Crippen LogP contribution in [0.5, 0.6) is 5.75 Å². The molecule has 2 N–H and O–H groups in total. The topological polar surface area (TPSA) is 94.3 Å². The lowest BCUT2D eigenvalue weighted by molar-refractivity contribution is -0.275. The van der Waals surface area contributed by atoms with Crippen molar-refractivity contribution in [1.82, 2.24) is 9.97 Å². The smallest absolute Gasteiger partial charge is 0.403 e. The molecule has 1 unspecified atom stereocenters. The molecule has 0 bridgehead atoms. The Morgan fingerprint density at radius 2 is 2.03 bits per heavy atom. The van der Waals surface area contributed by atoms with Crippen molar-refractivity contribution >= 4 is 11.5 Å². The number of aromatic nitrogens is 2. The van der Waals surface area contributed by atoms with E-state index in [1.54, 1.807) is 18.5 Å². The van der Waals surface area contributed by atoms with Crippen molar-refractivity contribution < 1.29 is 27.4 Å². The molecule has 3 aromatic rings. The average Bonchev–Trinajstić information content (AvgIpc) is 3.32. The number of hydrogen-bond donors (Lipinski definition) is 2. The molecule has 0 aliphatic carbocycles. The van der Waals surface area contributed by atoms with Gasteiger partial charge in [0.05, 0.1) is 5.56 Å². The third-order valence-electron chi connectivity index (χ3n) is 5.60. The standard InChI is InChI=1S/C24H21F4N5O2/c25-21-7-19(1-2-22(21)35-24(26,27)28)31-10-17-6-20(18-5-16(8-29)9-30-12-18)23(32-11-17)33-4-3-15(13-33)14-34/h1-2,5-7,9,11-12,15,31,34H,3-4,10,13-14H2. The predicted molar refractivity (Wildman–Crippen MR) is 120 cm³/mol. The number of halogens is 4. The van der Waals surface area contributed by atoms with Gasteiger partial charge in [-0.25, -0.2) is 9.37 Å². The molecule has 0 amide bonds. The number of aliphatic hydroxyl groups is 1. The van der Waals surface area contributed by atoms with Crippen LogP contribution in [0.1, 0.15) is 17.5 Å². The van der Waals surface area contributed by atoms with E-state index in [-0.39, 0.29) is 24.8 Å². The molecule has 2 aromatic heterocycles. The van der Waals surface area contributed by atoms with Crippen LogP contribution in [0.3, 0.4) is 0 Å². The Kier molecular flexibility index (Phi) is 7.02.